The number of nitrogens with zero attached hydrogens (tertiary/aromatic N) is 1. The Kier molecular flexibility index (Phi) is 7.39. The van der Waals surface area contributed by atoms with Gasteiger partial charge in [-0.1, -0.05) is 54.1 Å². The molecule has 8 heteroatoms. The van der Waals surface area contributed by atoms with Crippen LogP contribution >= 0.6 is 11.6 Å². The number of amides is 1. The summed E-state index contributed by atoms with van der Waals surface area (Å²) in [4.78, 5) is 13.2. The summed E-state index contributed by atoms with van der Waals surface area (Å²) in [5.41, 5.74) is 1.67. The zero-order valence-electron chi connectivity index (χ0n) is 18.9. The van der Waals surface area contributed by atoms with E-state index < -0.39 is 22.5 Å². The van der Waals surface area contributed by atoms with Crippen molar-refractivity contribution in [3.05, 3.63) is 114 Å². The zero-order valence-corrected chi connectivity index (χ0v) is 20.5. The van der Waals surface area contributed by atoms with Crippen LogP contribution < -0.4 is 14.4 Å². The Hall–Kier alpha value is -3.81. The highest BCUT2D eigenvalue weighted by atomic mass is 35.5. The standard InChI is InChI=1S/C27H23ClN2O4S/c1-20-8-7-9-22(18-20)30(35(32,33)24-16-14-21(28)15-17-24)19-27(31)29-25-12-5-6-13-26(25)34-23-10-3-2-4-11-23/h2-18H,19H2,1H3,(H,29,31). The molecule has 0 spiro atoms. The van der Waals surface area contributed by atoms with Crippen LogP contribution in [0.15, 0.2) is 108 Å². The molecule has 1 amide bonds. The topological polar surface area (TPSA) is 75.7 Å². The predicted octanol–water partition coefficient (Wildman–Crippen LogP) is 6.27. The maximum Gasteiger partial charge on any atom is 0.264 e. The van der Waals surface area contributed by atoms with Gasteiger partial charge in [-0.15, -0.1) is 0 Å². The number of hydrogen-bond acceptors (Lipinski definition) is 4. The highest BCUT2D eigenvalue weighted by Gasteiger charge is 2.27. The van der Waals surface area contributed by atoms with E-state index in [9.17, 15) is 13.2 Å². The molecule has 4 aromatic carbocycles. The number of aryl methyl sites for hydroxylation is 1. The quantitative estimate of drug-likeness (QED) is 0.305. The zero-order chi connectivity index (χ0) is 24.8. The number of para-hydroxylation sites is 3. The molecule has 0 aliphatic heterocycles. The molecule has 1 N–H and O–H groups in total. The van der Waals surface area contributed by atoms with Crippen molar-refractivity contribution in [2.75, 3.05) is 16.2 Å². The van der Waals surface area contributed by atoms with Crippen LogP contribution in [0.25, 0.3) is 0 Å². The third-order valence-corrected chi connectivity index (χ3v) is 7.15. The molecule has 4 rings (SSSR count). The second-order valence-corrected chi connectivity index (χ2v) is 10.1. The fourth-order valence-corrected chi connectivity index (χ4v) is 4.97. The second kappa shape index (κ2) is 10.6. The van der Waals surface area contributed by atoms with Gasteiger partial charge in [0.15, 0.2) is 5.75 Å². The summed E-state index contributed by atoms with van der Waals surface area (Å²) in [6.07, 6.45) is 0. The van der Waals surface area contributed by atoms with Gasteiger partial charge in [-0.25, -0.2) is 8.42 Å². The average Bonchev–Trinajstić information content (AvgIpc) is 2.84. The summed E-state index contributed by atoms with van der Waals surface area (Å²) in [6, 6.07) is 28.9. The number of anilines is 2. The molecule has 0 fully saturated rings. The molecule has 35 heavy (non-hydrogen) atoms. The monoisotopic (exact) mass is 506 g/mol. The van der Waals surface area contributed by atoms with Gasteiger partial charge in [0.25, 0.3) is 10.0 Å². The Morgan fingerprint density at radius 3 is 2.29 bits per heavy atom. The van der Waals surface area contributed by atoms with E-state index in [1.54, 1.807) is 54.6 Å². The second-order valence-electron chi connectivity index (χ2n) is 7.76. The molecular weight excluding hydrogens is 484 g/mol. The van der Waals surface area contributed by atoms with Gasteiger partial charge < -0.3 is 10.1 Å². The summed E-state index contributed by atoms with van der Waals surface area (Å²) >= 11 is 5.94. The van der Waals surface area contributed by atoms with Crippen LogP contribution in [0.2, 0.25) is 5.02 Å². The molecule has 0 bridgehead atoms. The molecule has 0 heterocycles. The average molecular weight is 507 g/mol. The Morgan fingerprint density at radius 1 is 0.886 bits per heavy atom. The van der Waals surface area contributed by atoms with Crippen LogP contribution in [0, 0.1) is 6.92 Å². The van der Waals surface area contributed by atoms with Crippen molar-refractivity contribution in [1.82, 2.24) is 0 Å². The van der Waals surface area contributed by atoms with E-state index in [2.05, 4.69) is 5.32 Å². The van der Waals surface area contributed by atoms with Crippen LogP contribution in [0.5, 0.6) is 11.5 Å². The number of hydrogen-bond donors (Lipinski definition) is 1. The number of nitrogens with one attached hydrogen (secondary N) is 1. The lowest BCUT2D eigenvalue weighted by atomic mass is 10.2. The van der Waals surface area contributed by atoms with E-state index in [4.69, 9.17) is 16.3 Å². The molecule has 0 atom stereocenters. The van der Waals surface area contributed by atoms with Crippen LogP contribution in [0.1, 0.15) is 5.56 Å². The lowest BCUT2D eigenvalue weighted by Gasteiger charge is -2.24. The van der Waals surface area contributed by atoms with Gasteiger partial charge in [-0.05, 0) is 73.2 Å². The first-order valence-corrected chi connectivity index (χ1v) is 12.6. The van der Waals surface area contributed by atoms with Gasteiger partial charge in [0, 0.05) is 5.02 Å². The molecule has 0 aromatic heterocycles. The Morgan fingerprint density at radius 2 is 1.57 bits per heavy atom. The van der Waals surface area contributed by atoms with Crippen molar-refractivity contribution < 1.29 is 17.9 Å². The largest absolute Gasteiger partial charge is 0.455 e. The number of benzene rings is 4. The SMILES string of the molecule is Cc1cccc(N(CC(=O)Nc2ccccc2Oc2ccccc2)S(=O)(=O)c2ccc(Cl)cc2)c1. The summed E-state index contributed by atoms with van der Waals surface area (Å²) in [6.45, 7) is 1.42. The number of rotatable bonds is 8. The lowest BCUT2D eigenvalue weighted by molar-refractivity contribution is -0.114. The van der Waals surface area contributed by atoms with Crippen molar-refractivity contribution >= 4 is 38.9 Å². The Bertz CT molecular complexity index is 1430. The van der Waals surface area contributed by atoms with E-state index in [-0.39, 0.29) is 4.90 Å². The first-order chi connectivity index (χ1) is 16.8. The Labute approximate surface area is 209 Å². The smallest absolute Gasteiger partial charge is 0.264 e. The molecule has 4 aromatic rings. The third-order valence-electron chi connectivity index (χ3n) is 5.11. The van der Waals surface area contributed by atoms with Crippen molar-refractivity contribution in [2.24, 2.45) is 0 Å². The molecule has 0 saturated carbocycles. The van der Waals surface area contributed by atoms with Crippen LogP contribution in [-0.2, 0) is 14.8 Å². The van der Waals surface area contributed by atoms with Crippen molar-refractivity contribution in [3.63, 3.8) is 0 Å². The number of carbonyl (C=O) groups excluding carboxylic acids is 1. The maximum absolute atomic E-state index is 13.5. The minimum absolute atomic E-state index is 0.0315. The first kappa shape index (κ1) is 24.3. The Balaban J connectivity index is 1.62. The molecular formula is C27H23ClN2O4S. The van der Waals surface area contributed by atoms with E-state index >= 15 is 0 Å². The van der Waals surface area contributed by atoms with Crippen molar-refractivity contribution in [3.8, 4) is 11.5 Å². The van der Waals surface area contributed by atoms with Crippen LogP contribution in [0.4, 0.5) is 11.4 Å². The summed E-state index contributed by atoms with van der Waals surface area (Å²) in [7, 11) is -4.05. The first-order valence-electron chi connectivity index (χ1n) is 10.8. The van der Waals surface area contributed by atoms with Gasteiger partial charge >= 0.3 is 0 Å². The van der Waals surface area contributed by atoms with Gasteiger partial charge in [0.05, 0.1) is 16.3 Å². The van der Waals surface area contributed by atoms with E-state index in [1.165, 1.54) is 24.3 Å². The van der Waals surface area contributed by atoms with Crippen LogP contribution in [-0.4, -0.2) is 20.9 Å². The maximum atomic E-state index is 13.5. The molecule has 0 aliphatic carbocycles. The number of ether oxygens (including phenoxy) is 1. The molecule has 0 unspecified atom stereocenters. The number of halogens is 1. The predicted molar refractivity (Wildman–Crippen MR) is 139 cm³/mol. The van der Waals surface area contributed by atoms with Gasteiger partial charge in [0.2, 0.25) is 5.91 Å². The molecule has 178 valence electrons. The molecule has 0 saturated heterocycles. The minimum Gasteiger partial charge on any atom is -0.455 e. The van der Waals surface area contributed by atoms with Gasteiger partial charge in [0.1, 0.15) is 12.3 Å². The highest BCUT2D eigenvalue weighted by Crippen LogP contribution is 2.30. The van der Waals surface area contributed by atoms with Crippen molar-refractivity contribution in [2.45, 2.75) is 11.8 Å². The lowest BCUT2D eigenvalue weighted by Crippen LogP contribution is -2.38. The molecule has 0 radical (unpaired) electrons. The minimum atomic E-state index is -4.05. The normalized spacial score (nSPS) is 11.0. The summed E-state index contributed by atoms with van der Waals surface area (Å²) in [5, 5.41) is 3.20. The summed E-state index contributed by atoms with van der Waals surface area (Å²) < 4.78 is 34.0. The number of sulfonamides is 1. The highest BCUT2D eigenvalue weighted by molar-refractivity contribution is 7.92. The molecule has 6 nitrogen and oxygen atoms in total. The van der Waals surface area contributed by atoms with E-state index in [1.807, 2.05) is 31.2 Å². The summed E-state index contributed by atoms with van der Waals surface area (Å²) in [5.74, 6) is 0.531. The third kappa shape index (κ3) is 6.01. The number of carbonyl (C=O) groups is 1. The fraction of sp³-hybridized carbons (Fsp3) is 0.0741. The van der Waals surface area contributed by atoms with E-state index in [0.717, 1.165) is 9.87 Å². The van der Waals surface area contributed by atoms with Gasteiger partial charge in [-0.2, -0.15) is 0 Å². The van der Waals surface area contributed by atoms with Crippen LogP contribution in [0.3, 0.4) is 0 Å². The van der Waals surface area contributed by atoms with E-state index in [0.29, 0.717) is 27.9 Å². The fourth-order valence-electron chi connectivity index (χ4n) is 3.43. The van der Waals surface area contributed by atoms with Crippen molar-refractivity contribution in [1.29, 1.82) is 0 Å². The van der Waals surface area contributed by atoms with Gasteiger partial charge in [-0.3, -0.25) is 9.10 Å². The molecule has 0 aliphatic rings.